The fraction of sp³-hybridized carbons (Fsp3) is 0.143. The van der Waals surface area contributed by atoms with Crippen molar-refractivity contribution in [2.24, 2.45) is 0 Å². The molecule has 96 valence electrons. The Bertz CT molecular complexity index is 640. The Balaban J connectivity index is 2.00. The summed E-state index contributed by atoms with van der Waals surface area (Å²) in [6, 6.07) is 7.44. The maximum absolute atomic E-state index is 11.6. The van der Waals surface area contributed by atoms with Crippen LogP contribution in [0.5, 0.6) is 11.5 Å². The lowest BCUT2D eigenvalue weighted by molar-refractivity contribution is 0.0963. The molecule has 0 aliphatic carbocycles. The van der Waals surface area contributed by atoms with Gasteiger partial charge in [0, 0.05) is 25.0 Å². The summed E-state index contributed by atoms with van der Waals surface area (Å²) in [7, 11) is 1.59. The summed E-state index contributed by atoms with van der Waals surface area (Å²) in [6.07, 6.45) is 3.25. The van der Waals surface area contributed by atoms with E-state index in [1.807, 2.05) is 18.2 Å². The molecule has 5 nitrogen and oxygen atoms in total. The fourth-order valence-electron chi connectivity index (χ4n) is 1.94. The summed E-state index contributed by atoms with van der Waals surface area (Å²) in [5.41, 5.74) is 2.32. The molecule has 1 aliphatic heterocycles. The molecule has 0 unspecified atom stereocenters. The minimum atomic E-state index is -0.157. The minimum Gasteiger partial charge on any atom is -0.454 e. The molecule has 5 heteroatoms. The van der Waals surface area contributed by atoms with Gasteiger partial charge in [-0.2, -0.15) is 0 Å². The van der Waals surface area contributed by atoms with Crippen LogP contribution in [0.4, 0.5) is 0 Å². The lowest BCUT2D eigenvalue weighted by atomic mass is 10.1. The van der Waals surface area contributed by atoms with Gasteiger partial charge in [0.05, 0.1) is 5.56 Å². The van der Waals surface area contributed by atoms with Gasteiger partial charge in [-0.1, -0.05) is 6.07 Å². The van der Waals surface area contributed by atoms with Crippen molar-refractivity contribution in [2.45, 2.75) is 0 Å². The van der Waals surface area contributed by atoms with Crippen LogP contribution in [0, 0.1) is 0 Å². The van der Waals surface area contributed by atoms with E-state index in [1.165, 1.54) is 6.20 Å². The first-order chi connectivity index (χ1) is 9.28. The van der Waals surface area contributed by atoms with Crippen LogP contribution in [0.1, 0.15) is 10.4 Å². The summed E-state index contributed by atoms with van der Waals surface area (Å²) in [5, 5.41) is 2.58. The number of hydrogen-bond donors (Lipinski definition) is 1. The van der Waals surface area contributed by atoms with Gasteiger partial charge < -0.3 is 14.8 Å². The number of hydrogen-bond acceptors (Lipinski definition) is 4. The number of carbonyl (C=O) groups excluding carboxylic acids is 1. The Morgan fingerprint density at radius 2 is 2.00 bits per heavy atom. The summed E-state index contributed by atoms with van der Waals surface area (Å²) in [6.45, 7) is 0.245. The number of amides is 1. The number of pyridine rings is 1. The molecular weight excluding hydrogens is 244 g/mol. The number of carbonyl (C=O) groups is 1. The number of ether oxygens (including phenoxy) is 2. The third-order valence-corrected chi connectivity index (χ3v) is 2.93. The molecule has 1 aliphatic rings. The van der Waals surface area contributed by atoms with E-state index < -0.39 is 0 Å². The van der Waals surface area contributed by atoms with Crippen molar-refractivity contribution < 1.29 is 14.3 Å². The van der Waals surface area contributed by atoms with E-state index in [4.69, 9.17) is 9.47 Å². The van der Waals surface area contributed by atoms with Gasteiger partial charge in [-0.25, -0.2) is 0 Å². The Hall–Kier alpha value is -2.56. The molecule has 1 aromatic carbocycles. The Labute approximate surface area is 110 Å². The molecule has 0 bridgehead atoms. The van der Waals surface area contributed by atoms with Gasteiger partial charge in [0.1, 0.15) is 0 Å². The smallest absolute Gasteiger partial charge is 0.252 e. The number of fused-ring (bicyclic) bond motifs is 1. The predicted molar refractivity (Wildman–Crippen MR) is 69.2 cm³/mol. The van der Waals surface area contributed by atoms with Crippen LogP contribution >= 0.6 is 0 Å². The zero-order valence-electron chi connectivity index (χ0n) is 10.3. The molecular formula is C14H12N2O3. The Morgan fingerprint density at radius 3 is 2.84 bits per heavy atom. The van der Waals surface area contributed by atoms with Gasteiger partial charge in [0.15, 0.2) is 11.5 Å². The van der Waals surface area contributed by atoms with E-state index in [1.54, 1.807) is 19.3 Å². The number of rotatable bonds is 2. The topological polar surface area (TPSA) is 60.5 Å². The molecule has 0 saturated heterocycles. The van der Waals surface area contributed by atoms with E-state index in [2.05, 4.69) is 10.3 Å². The van der Waals surface area contributed by atoms with E-state index >= 15 is 0 Å². The van der Waals surface area contributed by atoms with Crippen molar-refractivity contribution in [3.05, 3.63) is 42.2 Å². The molecule has 0 fully saturated rings. The number of nitrogens with zero attached hydrogens (tertiary/aromatic N) is 1. The van der Waals surface area contributed by atoms with Gasteiger partial charge >= 0.3 is 0 Å². The standard InChI is InChI=1S/C14H12N2O3/c1-15-14(17)11-4-10(6-16-7-11)9-2-3-12-13(5-9)19-8-18-12/h2-7H,8H2,1H3,(H,15,17). The maximum atomic E-state index is 11.6. The number of aromatic nitrogens is 1. The molecule has 0 spiro atoms. The average Bonchev–Trinajstić information content (AvgIpc) is 2.94. The van der Waals surface area contributed by atoms with Crippen LogP contribution in [0.15, 0.2) is 36.7 Å². The summed E-state index contributed by atoms with van der Waals surface area (Å²) >= 11 is 0. The van der Waals surface area contributed by atoms with Crippen LogP contribution < -0.4 is 14.8 Å². The molecule has 2 heterocycles. The second kappa shape index (κ2) is 4.61. The van der Waals surface area contributed by atoms with E-state index in [0.717, 1.165) is 16.9 Å². The van der Waals surface area contributed by atoms with Crippen molar-refractivity contribution in [3.63, 3.8) is 0 Å². The van der Waals surface area contributed by atoms with Gasteiger partial charge in [-0.3, -0.25) is 9.78 Å². The molecule has 3 rings (SSSR count). The molecule has 1 N–H and O–H groups in total. The monoisotopic (exact) mass is 256 g/mol. The summed E-state index contributed by atoms with van der Waals surface area (Å²) in [4.78, 5) is 15.7. The number of benzene rings is 1. The highest BCUT2D eigenvalue weighted by Crippen LogP contribution is 2.35. The van der Waals surface area contributed by atoms with Crippen molar-refractivity contribution >= 4 is 5.91 Å². The quantitative estimate of drug-likeness (QED) is 0.890. The van der Waals surface area contributed by atoms with E-state index in [-0.39, 0.29) is 12.7 Å². The summed E-state index contributed by atoms with van der Waals surface area (Å²) in [5.74, 6) is 1.29. The van der Waals surface area contributed by atoms with Gasteiger partial charge in [-0.15, -0.1) is 0 Å². The van der Waals surface area contributed by atoms with Gasteiger partial charge in [0.2, 0.25) is 6.79 Å². The van der Waals surface area contributed by atoms with Crippen LogP contribution in [-0.4, -0.2) is 24.7 Å². The average molecular weight is 256 g/mol. The third kappa shape index (κ3) is 2.10. The lowest BCUT2D eigenvalue weighted by Gasteiger charge is -2.05. The van der Waals surface area contributed by atoms with Crippen molar-refractivity contribution in [2.75, 3.05) is 13.8 Å². The van der Waals surface area contributed by atoms with Crippen LogP contribution in [0.2, 0.25) is 0 Å². The first kappa shape index (κ1) is 11.5. The molecule has 0 radical (unpaired) electrons. The third-order valence-electron chi connectivity index (χ3n) is 2.93. The van der Waals surface area contributed by atoms with Gasteiger partial charge in [0.25, 0.3) is 5.91 Å². The van der Waals surface area contributed by atoms with Gasteiger partial charge in [-0.05, 0) is 23.8 Å². The zero-order chi connectivity index (χ0) is 13.2. The SMILES string of the molecule is CNC(=O)c1cncc(-c2ccc3c(c2)OCO3)c1. The second-order valence-corrected chi connectivity index (χ2v) is 4.11. The fourth-order valence-corrected chi connectivity index (χ4v) is 1.94. The van der Waals surface area contributed by atoms with Crippen molar-refractivity contribution in [1.82, 2.24) is 10.3 Å². The minimum absolute atomic E-state index is 0.157. The second-order valence-electron chi connectivity index (χ2n) is 4.11. The Morgan fingerprint density at radius 1 is 1.16 bits per heavy atom. The van der Waals surface area contributed by atoms with E-state index in [0.29, 0.717) is 11.3 Å². The molecule has 1 aromatic heterocycles. The zero-order valence-corrected chi connectivity index (χ0v) is 10.3. The summed E-state index contributed by atoms with van der Waals surface area (Å²) < 4.78 is 10.6. The van der Waals surface area contributed by atoms with Crippen molar-refractivity contribution in [3.8, 4) is 22.6 Å². The lowest BCUT2D eigenvalue weighted by Crippen LogP contribution is -2.17. The van der Waals surface area contributed by atoms with Crippen LogP contribution in [0.3, 0.4) is 0 Å². The first-order valence-corrected chi connectivity index (χ1v) is 5.85. The van der Waals surface area contributed by atoms with Crippen molar-refractivity contribution in [1.29, 1.82) is 0 Å². The molecule has 0 atom stereocenters. The Kier molecular flexibility index (Phi) is 2.79. The maximum Gasteiger partial charge on any atom is 0.252 e. The first-order valence-electron chi connectivity index (χ1n) is 5.85. The molecule has 19 heavy (non-hydrogen) atoms. The highest BCUT2D eigenvalue weighted by Gasteiger charge is 2.14. The highest BCUT2D eigenvalue weighted by atomic mass is 16.7. The number of nitrogens with one attached hydrogen (secondary N) is 1. The molecule has 1 amide bonds. The molecule has 2 aromatic rings. The van der Waals surface area contributed by atoms with Crippen LogP contribution in [0.25, 0.3) is 11.1 Å². The highest BCUT2D eigenvalue weighted by molar-refractivity contribution is 5.94. The largest absolute Gasteiger partial charge is 0.454 e. The molecule has 0 saturated carbocycles. The normalized spacial score (nSPS) is 12.3. The van der Waals surface area contributed by atoms with Crippen LogP contribution in [-0.2, 0) is 0 Å². The predicted octanol–water partition coefficient (Wildman–Crippen LogP) is 1.84. The van der Waals surface area contributed by atoms with E-state index in [9.17, 15) is 4.79 Å².